The zero-order valence-electron chi connectivity index (χ0n) is 19.8. The first-order chi connectivity index (χ1) is 17.6. The average molecular weight is 479 g/mol. The summed E-state index contributed by atoms with van der Waals surface area (Å²) >= 11 is 0. The Labute approximate surface area is 209 Å². The van der Waals surface area contributed by atoms with Crippen LogP contribution in [0.1, 0.15) is 39.9 Å². The van der Waals surface area contributed by atoms with Gasteiger partial charge in [-0.05, 0) is 46.0 Å². The van der Waals surface area contributed by atoms with Crippen LogP contribution in [0.2, 0.25) is 0 Å². The third kappa shape index (κ3) is 5.25. The topological polar surface area (TPSA) is 84.3 Å². The Morgan fingerprint density at radius 1 is 0.806 bits per heavy atom. The highest BCUT2D eigenvalue weighted by atomic mass is 16.2. The van der Waals surface area contributed by atoms with Crippen LogP contribution in [-0.4, -0.2) is 32.4 Å². The van der Waals surface area contributed by atoms with Crippen LogP contribution in [0.3, 0.4) is 0 Å². The van der Waals surface area contributed by atoms with E-state index in [4.69, 9.17) is 0 Å². The average Bonchev–Trinajstić information content (AvgIpc) is 3.53. The van der Waals surface area contributed by atoms with Crippen LogP contribution in [-0.2, 0) is 29.2 Å². The Morgan fingerprint density at radius 2 is 1.47 bits per heavy atom. The number of hydrogen-bond donors (Lipinski definition) is 1. The zero-order chi connectivity index (χ0) is 24.9. The van der Waals surface area contributed by atoms with Gasteiger partial charge in [-0.3, -0.25) is 24.0 Å². The van der Waals surface area contributed by atoms with Crippen molar-refractivity contribution in [2.24, 2.45) is 0 Å². The van der Waals surface area contributed by atoms with Crippen molar-refractivity contribution < 1.29 is 14.4 Å². The monoisotopic (exact) mass is 478 g/mol. The second kappa shape index (κ2) is 10.4. The van der Waals surface area contributed by atoms with Crippen molar-refractivity contribution in [3.63, 3.8) is 0 Å². The maximum Gasteiger partial charge on any atom is 0.251 e. The summed E-state index contributed by atoms with van der Waals surface area (Å²) in [5, 5.41) is 7.26. The molecule has 4 aromatic rings. The number of nitrogens with one attached hydrogen (secondary N) is 1. The van der Waals surface area contributed by atoms with E-state index >= 15 is 0 Å². The van der Waals surface area contributed by atoms with E-state index in [1.54, 1.807) is 30.5 Å². The molecular weight excluding hydrogens is 452 g/mol. The van der Waals surface area contributed by atoms with Crippen LogP contribution in [0.4, 0.5) is 0 Å². The first-order valence-electron chi connectivity index (χ1n) is 11.9. The molecule has 0 aliphatic carbocycles. The number of nitrogens with zero attached hydrogens (tertiary/aromatic N) is 3. The van der Waals surface area contributed by atoms with Gasteiger partial charge in [0.05, 0.1) is 13.1 Å². The lowest BCUT2D eigenvalue weighted by molar-refractivity contribution is -0.139. The molecule has 0 atom stereocenters. The van der Waals surface area contributed by atoms with E-state index in [-0.39, 0.29) is 37.1 Å². The summed E-state index contributed by atoms with van der Waals surface area (Å²) in [5.74, 6) is -0.472. The fourth-order valence-electron chi connectivity index (χ4n) is 4.35. The van der Waals surface area contributed by atoms with Gasteiger partial charge in [-0.15, -0.1) is 0 Å². The number of amides is 3. The summed E-state index contributed by atoms with van der Waals surface area (Å²) in [6.07, 6.45) is 4.26. The van der Waals surface area contributed by atoms with Crippen LogP contribution >= 0.6 is 0 Å². The molecule has 0 unspecified atom stereocenters. The van der Waals surface area contributed by atoms with Crippen LogP contribution in [0.5, 0.6) is 0 Å². The molecule has 7 nitrogen and oxygen atoms in total. The van der Waals surface area contributed by atoms with Gasteiger partial charge < -0.3 is 5.32 Å². The maximum atomic E-state index is 12.8. The molecule has 0 radical (unpaired) electrons. The summed E-state index contributed by atoms with van der Waals surface area (Å²) in [6, 6.07) is 25.3. The van der Waals surface area contributed by atoms with E-state index in [1.807, 2.05) is 35.1 Å². The number of benzene rings is 3. The number of carbonyl (C=O) groups excluding carboxylic acids is 3. The summed E-state index contributed by atoms with van der Waals surface area (Å²) < 4.78 is 1.89. The van der Waals surface area contributed by atoms with Crippen molar-refractivity contribution in [3.05, 3.63) is 114 Å². The van der Waals surface area contributed by atoms with Crippen molar-refractivity contribution in [3.8, 4) is 11.1 Å². The minimum atomic E-state index is -0.181. The van der Waals surface area contributed by atoms with Crippen LogP contribution < -0.4 is 5.32 Å². The Bertz CT molecular complexity index is 1360. The molecule has 1 aliphatic rings. The molecule has 1 N–H and O–H groups in total. The number of aromatic nitrogens is 2. The molecule has 3 amide bonds. The lowest BCUT2D eigenvalue weighted by atomic mass is 9.98. The van der Waals surface area contributed by atoms with E-state index in [0.29, 0.717) is 18.7 Å². The van der Waals surface area contributed by atoms with Gasteiger partial charge in [-0.2, -0.15) is 5.10 Å². The molecule has 2 heterocycles. The quantitative estimate of drug-likeness (QED) is 0.385. The zero-order valence-corrected chi connectivity index (χ0v) is 19.8. The lowest BCUT2D eigenvalue weighted by Crippen LogP contribution is -2.28. The minimum absolute atomic E-state index is 0.145. The molecule has 0 bridgehead atoms. The smallest absolute Gasteiger partial charge is 0.251 e. The molecule has 36 heavy (non-hydrogen) atoms. The van der Waals surface area contributed by atoms with Crippen molar-refractivity contribution in [1.29, 1.82) is 0 Å². The van der Waals surface area contributed by atoms with Crippen molar-refractivity contribution >= 4 is 17.7 Å². The molecule has 0 saturated carbocycles. The van der Waals surface area contributed by atoms with E-state index in [0.717, 1.165) is 27.8 Å². The summed E-state index contributed by atoms with van der Waals surface area (Å²) in [6.45, 7) is 1.35. The molecule has 180 valence electrons. The standard InChI is InChI=1S/C29H26N4O3/c34-27-14-15-28(35)33(27)20-22-8-12-24(13-9-22)29(36)30-18-25-4-1-2-5-26(25)23-10-6-21(7-11-23)19-32-17-3-16-31-32/h1-13,16-17H,14-15,18-20H2,(H,30,36). The highest BCUT2D eigenvalue weighted by Gasteiger charge is 2.28. The van der Waals surface area contributed by atoms with Crippen LogP contribution in [0.15, 0.2) is 91.3 Å². The predicted octanol–water partition coefficient (Wildman–Crippen LogP) is 4.18. The number of imide groups is 1. The van der Waals surface area contributed by atoms with Crippen LogP contribution in [0.25, 0.3) is 11.1 Å². The van der Waals surface area contributed by atoms with Gasteiger partial charge in [0.15, 0.2) is 0 Å². The summed E-state index contributed by atoms with van der Waals surface area (Å²) in [5.41, 5.74) is 5.68. The summed E-state index contributed by atoms with van der Waals surface area (Å²) in [7, 11) is 0. The molecule has 0 spiro atoms. The van der Waals surface area contributed by atoms with E-state index in [9.17, 15) is 14.4 Å². The number of hydrogen-bond acceptors (Lipinski definition) is 4. The van der Waals surface area contributed by atoms with Gasteiger partial charge in [0.25, 0.3) is 5.91 Å². The molecule has 5 rings (SSSR count). The Balaban J connectivity index is 1.22. The number of rotatable bonds is 8. The third-order valence-corrected chi connectivity index (χ3v) is 6.34. The van der Waals surface area contributed by atoms with Gasteiger partial charge in [0, 0.05) is 37.3 Å². The predicted molar refractivity (Wildman–Crippen MR) is 136 cm³/mol. The maximum absolute atomic E-state index is 12.8. The highest BCUT2D eigenvalue weighted by molar-refractivity contribution is 6.01. The Kier molecular flexibility index (Phi) is 6.71. The molecule has 1 saturated heterocycles. The highest BCUT2D eigenvalue weighted by Crippen LogP contribution is 2.24. The minimum Gasteiger partial charge on any atom is -0.348 e. The van der Waals surface area contributed by atoms with Crippen LogP contribution in [0, 0.1) is 0 Å². The molecule has 3 aromatic carbocycles. The third-order valence-electron chi connectivity index (χ3n) is 6.34. The van der Waals surface area contributed by atoms with E-state index in [2.05, 4.69) is 40.7 Å². The Hall–Kier alpha value is -4.52. The molecule has 1 aliphatic heterocycles. The second-order valence-electron chi connectivity index (χ2n) is 8.81. The SMILES string of the molecule is O=C(NCc1ccccc1-c1ccc(Cn2cccn2)cc1)c1ccc(CN2C(=O)CCC2=O)cc1. The molecule has 1 aromatic heterocycles. The Morgan fingerprint density at radius 3 is 2.17 bits per heavy atom. The normalized spacial score (nSPS) is 13.3. The number of carbonyl (C=O) groups is 3. The molecule has 1 fully saturated rings. The first kappa shape index (κ1) is 23.2. The first-order valence-corrected chi connectivity index (χ1v) is 11.9. The van der Waals surface area contributed by atoms with Gasteiger partial charge in [0.2, 0.25) is 11.8 Å². The van der Waals surface area contributed by atoms with Crippen molar-refractivity contribution in [1.82, 2.24) is 20.0 Å². The van der Waals surface area contributed by atoms with Gasteiger partial charge >= 0.3 is 0 Å². The van der Waals surface area contributed by atoms with E-state index < -0.39 is 0 Å². The number of likely N-dealkylation sites (tertiary alicyclic amines) is 1. The van der Waals surface area contributed by atoms with Crippen molar-refractivity contribution in [2.45, 2.75) is 32.5 Å². The fraction of sp³-hybridized carbons (Fsp3) is 0.172. The fourth-order valence-corrected chi connectivity index (χ4v) is 4.35. The second-order valence-corrected chi connectivity index (χ2v) is 8.81. The summed E-state index contributed by atoms with van der Waals surface area (Å²) in [4.78, 5) is 37.7. The lowest BCUT2D eigenvalue weighted by Gasteiger charge is -2.14. The largest absolute Gasteiger partial charge is 0.348 e. The van der Waals surface area contributed by atoms with Gasteiger partial charge in [-0.1, -0.05) is 60.7 Å². The van der Waals surface area contributed by atoms with Gasteiger partial charge in [-0.25, -0.2) is 0 Å². The molecule has 7 heteroatoms. The molecular formula is C29H26N4O3. The van der Waals surface area contributed by atoms with Crippen molar-refractivity contribution in [2.75, 3.05) is 0 Å². The van der Waals surface area contributed by atoms with Gasteiger partial charge in [0.1, 0.15) is 0 Å². The van der Waals surface area contributed by atoms with E-state index in [1.165, 1.54) is 4.90 Å².